The zero-order chi connectivity index (χ0) is 11.4. The number of hydrogen-bond donors (Lipinski definition) is 2. The number of aromatic nitrogens is 2. The third-order valence-electron chi connectivity index (χ3n) is 3.03. The van der Waals surface area contributed by atoms with Gasteiger partial charge in [0.2, 0.25) is 0 Å². The third-order valence-corrected chi connectivity index (χ3v) is 4.20. The van der Waals surface area contributed by atoms with Gasteiger partial charge in [-0.25, -0.2) is 9.97 Å². The van der Waals surface area contributed by atoms with E-state index in [2.05, 4.69) is 21.5 Å². The van der Waals surface area contributed by atoms with Crippen LogP contribution in [0.4, 0.5) is 11.6 Å². The van der Waals surface area contributed by atoms with Crippen molar-refractivity contribution in [3.8, 4) is 0 Å². The Balaban J connectivity index is 2.02. The van der Waals surface area contributed by atoms with Crippen molar-refractivity contribution >= 4 is 23.4 Å². The van der Waals surface area contributed by atoms with E-state index in [1.807, 2.05) is 11.8 Å². The second kappa shape index (κ2) is 5.39. The zero-order valence-electron chi connectivity index (χ0n) is 9.52. The van der Waals surface area contributed by atoms with Crippen LogP contribution in [0.5, 0.6) is 0 Å². The molecule has 3 N–H and O–H groups in total. The molecule has 1 aromatic rings. The van der Waals surface area contributed by atoms with Gasteiger partial charge >= 0.3 is 0 Å². The topological polar surface area (TPSA) is 63.8 Å². The van der Waals surface area contributed by atoms with Crippen LogP contribution in [0, 0.1) is 0 Å². The lowest BCUT2D eigenvalue weighted by Crippen LogP contribution is -2.34. The highest BCUT2D eigenvalue weighted by Gasteiger charge is 2.24. The number of nitrogens with zero attached hydrogens (tertiary/aromatic N) is 2. The van der Waals surface area contributed by atoms with Crippen LogP contribution in [0.2, 0.25) is 0 Å². The van der Waals surface area contributed by atoms with Crippen LogP contribution in [0.3, 0.4) is 0 Å². The molecule has 16 heavy (non-hydrogen) atoms. The first-order valence-electron chi connectivity index (χ1n) is 5.66. The van der Waals surface area contributed by atoms with Gasteiger partial charge in [-0.3, -0.25) is 0 Å². The summed E-state index contributed by atoms with van der Waals surface area (Å²) in [5.74, 6) is 1.37. The highest BCUT2D eigenvalue weighted by molar-refractivity contribution is 7.99. The summed E-state index contributed by atoms with van der Waals surface area (Å²) in [6.45, 7) is 0. The lowest BCUT2D eigenvalue weighted by Gasteiger charge is -2.31. The number of nitrogens with two attached hydrogens (primary N) is 1. The van der Waals surface area contributed by atoms with Gasteiger partial charge in [0.15, 0.2) is 0 Å². The van der Waals surface area contributed by atoms with Crippen molar-refractivity contribution in [3.63, 3.8) is 0 Å². The molecule has 0 saturated heterocycles. The van der Waals surface area contributed by atoms with Gasteiger partial charge < -0.3 is 11.1 Å². The van der Waals surface area contributed by atoms with Crippen molar-refractivity contribution in [2.75, 3.05) is 17.3 Å². The predicted octanol–water partition coefficient (Wildman–Crippen LogP) is 2.14. The first kappa shape index (κ1) is 11.5. The van der Waals surface area contributed by atoms with E-state index in [9.17, 15) is 0 Å². The minimum atomic E-state index is 0.512. The molecule has 1 aliphatic rings. The number of hydrogen-bond acceptors (Lipinski definition) is 5. The molecular formula is C11H18N4S. The van der Waals surface area contributed by atoms with Crippen LogP contribution in [0.1, 0.15) is 25.7 Å². The number of rotatable bonds is 3. The first-order chi connectivity index (χ1) is 7.79. The summed E-state index contributed by atoms with van der Waals surface area (Å²) >= 11 is 1.94. The smallest absolute Gasteiger partial charge is 0.131 e. The number of nitrogens with one attached hydrogen (secondary N) is 1. The maximum atomic E-state index is 5.63. The molecule has 1 heterocycles. The highest BCUT2D eigenvalue weighted by Crippen LogP contribution is 2.29. The molecule has 0 amide bonds. The molecule has 2 rings (SSSR count). The Labute approximate surface area is 100 Å². The molecule has 2 unspecified atom stereocenters. The Bertz CT molecular complexity index is 345. The van der Waals surface area contributed by atoms with Crippen LogP contribution in [-0.2, 0) is 0 Å². The Hall–Kier alpha value is -0.970. The van der Waals surface area contributed by atoms with Crippen LogP contribution >= 0.6 is 11.8 Å². The zero-order valence-corrected chi connectivity index (χ0v) is 10.3. The number of thioether (sulfide) groups is 1. The summed E-state index contributed by atoms with van der Waals surface area (Å²) < 4.78 is 0. The molecule has 4 nitrogen and oxygen atoms in total. The van der Waals surface area contributed by atoms with E-state index in [0.29, 0.717) is 17.1 Å². The largest absolute Gasteiger partial charge is 0.384 e. The van der Waals surface area contributed by atoms with Gasteiger partial charge in [-0.2, -0.15) is 11.8 Å². The molecule has 1 fully saturated rings. The quantitative estimate of drug-likeness (QED) is 0.844. The fourth-order valence-electron chi connectivity index (χ4n) is 2.19. The maximum Gasteiger partial charge on any atom is 0.131 e. The van der Waals surface area contributed by atoms with E-state index in [-0.39, 0.29) is 0 Å². The van der Waals surface area contributed by atoms with E-state index >= 15 is 0 Å². The standard InChI is InChI=1S/C11H18N4S/c1-16-9-5-3-2-4-8(9)15-11-6-10(12)13-7-14-11/h6-9H,2-5H2,1H3,(H3,12,13,14,15). The van der Waals surface area contributed by atoms with E-state index in [4.69, 9.17) is 5.73 Å². The monoisotopic (exact) mass is 238 g/mol. The normalized spacial score (nSPS) is 25.3. The second-order valence-electron chi connectivity index (χ2n) is 4.14. The van der Waals surface area contributed by atoms with Gasteiger partial charge in [0.05, 0.1) is 0 Å². The minimum Gasteiger partial charge on any atom is -0.384 e. The van der Waals surface area contributed by atoms with E-state index < -0.39 is 0 Å². The lowest BCUT2D eigenvalue weighted by atomic mass is 9.95. The maximum absolute atomic E-state index is 5.63. The van der Waals surface area contributed by atoms with Gasteiger partial charge in [-0.05, 0) is 19.1 Å². The van der Waals surface area contributed by atoms with Crippen molar-refractivity contribution in [1.29, 1.82) is 0 Å². The highest BCUT2D eigenvalue weighted by atomic mass is 32.2. The second-order valence-corrected chi connectivity index (χ2v) is 5.21. The Morgan fingerprint density at radius 2 is 2.19 bits per heavy atom. The summed E-state index contributed by atoms with van der Waals surface area (Å²) in [6, 6.07) is 2.31. The predicted molar refractivity (Wildman–Crippen MR) is 69.6 cm³/mol. The Morgan fingerprint density at radius 1 is 1.38 bits per heavy atom. The minimum absolute atomic E-state index is 0.512. The average Bonchev–Trinajstić information content (AvgIpc) is 2.30. The van der Waals surface area contributed by atoms with Gasteiger partial charge in [-0.15, -0.1) is 0 Å². The van der Waals surface area contributed by atoms with Gasteiger partial charge in [0.1, 0.15) is 18.0 Å². The molecule has 0 aliphatic heterocycles. The Kier molecular flexibility index (Phi) is 3.88. The summed E-state index contributed by atoms with van der Waals surface area (Å²) in [5.41, 5.74) is 5.63. The molecule has 1 saturated carbocycles. The Morgan fingerprint density at radius 3 is 2.94 bits per heavy atom. The molecule has 0 bridgehead atoms. The third kappa shape index (κ3) is 2.78. The molecule has 0 radical (unpaired) electrons. The summed E-state index contributed by atoms with van der Waals surface area (Å²) in [4.78, 5) is 8.08. The summed E-state index contributed by atoms with van der Waals surface area (Å²) in [5, 5.41) is 4.16. The molecule has 1 aromatic heterocycles. The fourth-order valence-corrected chi connectivity index (χ4v) is 3.12. The molecule has 2 atom stereocenters. The van der Waals surface area contributed by atoms with Gasteiger partial charge in [-0.1, -0.05) is 12.8 Å². The fraction of sp³-hybridized carbons (Fsp3) is 0.636. The number of nitrogen functional groups attached to an aromatic ring is 1. The number of anilines is 2. The van der Waals surface area contributed by atoms with Crippen molar-refractivity contribution in [2.45, 2.75) is 37.0 Å². The van der Waals surface area contributed by atoms with Crippen LogP contribution < -0.4 is 11.1 Å². The first-order valence-corrected chi connectivity index (χ1v) is 6.95. The molecule has 1 aliphatic carbocycles. The van der Waals surface area contributed by atoms with Crippen LogP contribution in [0.15, 0.2) is 12.4 Å². The molecule has 5 heteroatoms. The molecule has 0 spiro atoms. The van der Waals surface area contributed by atoms with E-state index in [1.54, 1.807) is 6.07 Å². The lowest BCUT2D eigenvalue weighted by molar-refractivity contribution is 0.474. The van der Waals surface area contributed by atoms with Crippen molar-refractivity contribution in [2.24, 2.45) is 0 Å². The van der Waals surface area contributed by atoms with Crippen molar-refractivity contribution in [3.05, 3.63) is 12.4 Å². The van der Waals surface area contributed by atoms with Gasteiger partial charge in [0.25, 0.3) is 0 Å². The van der Waals surface area contributed by atoms with Crippen LogP contribution in [-0.4, -0.2) is 27.5 Å². The van der Waals surface area contributed by atoms with E-state index in [1.165, 1.54) is 32.0 Å². The van der Waals surface area contributed by atoms with Gasteiger partial charge in [0, 0.05) is 17.4 Å². The summed E-state index contributed by atoms with van der Waals surface area (Å²) in [7, 11) is 0. The SMILES string of the molecule is CSC1CCCCC1Nc1cc(N)ncn1. The average molecular weight is 238 g/mol. The van der Waals surface area contributed by atoms with Crippen molar-refractivity contribution < 1.29 is 0 Å². The molecular weight excluding hydrogens is 220 g/mol. The summed E-state index contributed by atoms with van der Waals surface area (Å²) in [6.07, 6.45) is 8.84. The van der Waals surface area contributed by atoms with Crippen LogP contribution in [0.25, 0.3) is 0 Å². The van der Waals surface area contributed by atoms with Crippen molar-refractivity contribution in [1.82, 2.24) is 9.97 Å². The van der Waals surface area contributed by atoms with E-state index in [0.717, 1.165) is 5.82 Å². The molecule has 0 aromatic carbocycles. The molecule has 88 valence electrons.